The van der Waals surface area contributed by atoms with Gasteiger partial charge in [-0.05, 0) is 38.1 Å². The van der Waals surface area contributed by atoms with Crippen molar-refractivity contribution in [3.8, 4) is 0 Å². The van der Waals surface area contributed by atoms with Gasteiger partial charge in [-0.3, -0.25) is 4.79 Å². The monoisotopic (exact) mass is 194 g/mol. The standard InChI is InChI=1S/C11H18N2O/c14-11-9-5-8(6-12-7-9)10-3-1-2-4-13(10)11/h8-10,12H,1-7H2. The van der Waals surface area contributed by atoms with Crippen LogP contribution in [-0.2, 0) is 4.79 Å². The molecule has 14 heavy (non-hydrogen) atoms. The van der Waals surface area contributed by atoms with E-state index < -0.39 is 0 Å². The van der Waals surface area contributed by atoms with Crippen LogP contribution < -0.4 is 5.32 Å². The number of nitrogens with zero attached hydrogens (tertiary/aromatic N) is 1. The molecule has 3 aliphatic heterocycles. The molecule has 1 N–H and O–H groups in total. The van der Waals surface area contributed by atoms with Gasteiger partial charge in [-0.15, -0.1) is 0 Å². The Morgan fingerprint density at radius 3 is 3.14 bits per heavy atom. The van der Waals surface area contributed by atoms with E-state index in [-0.39, 0.29) is 0 Å². The molecule has 3 aliphatic rings. The molecule has 3 heterocycles. The predicted octanol–water partition coefficient (Wildman–Crippen LogP) is 0.607. The van der Waals surface area contributed by atoms with Gasteiger partial charge >= 0.3 is 0 Å². The van der Waals surface area contributed by atoms with Crippen molar-refractivity contribution in [3.05, 3.63) is 0 Å². The minimum atomic E-state index is 0.295. The van der Waals surface area contributed by atoms with Crippen LogP contribution in [0.25, 0.3) is 0 Å². The summed E-state index contributed by atoms with van der Waals surface area (Å²) in [5.74, 6) is 1.47. The van der Waals surface area contributed by atoms with Crippen molar-refractivity contribution < 1.29 is 4.79 Å². The van der Waals surface area contributed by atoms with E-state index in [1.165, 1.54) is 19.3 Å². The SMILES string of the molecule is O=C1C2CNCC(C2)C2CCCCN12. The zero-order valence-corrected chi connectivity index (χ0v) is 8.54. The van der Waals surface area contributed by atoms with Gasteiger partial charge < -0.3 is 10.2 Å². The van der Waals surface area contributed by atoms with Gasteiger partial charge in [-0.1, -0.05) is 0 Å². The third-order valence-electron chi connectivity index (χ3n) is 4.11. The quantitative estimate of drug-likeness (QED) is 0.612. The lowest BCUT2D eigenvalue weighted by Gasteiger charge is -2.49. The molecule has 0 aromatic heterocycles. The van der Waals surface area contributed by atoms with Crippen LogP contribution in [0.1, 0.15) is 25.7 Å². The minimum absolute atomic E-state index is 0.295. The molecule has 0 aromatic rings. The predicted molar refractivity (Wildman–Crippen MR) is 53.8 cm³/mol. The normalized spacial score (nSPS) is 42.1. The molecule has 2 bridgehead atoms. The van der Waals surface area contributed by atoms with E-state index in [4.69, 9.17) is 0 Å². The molecule has 3 saturated heterocycles. The number of nitrogens with one attached hydrogen (secondary N) is 1. The maximum atomic E-state index is 12.1. The number of carbonyl (C=O) groups is 1. The third-order valence-corrected chi connectivity index (χ3v) is 4.11. The molecule has 3 unspecified atom stereocenters. The van der Waals surface area contributed by atoms with Gasteiger partial charge in [0, 0.05) is 19.1 Å². The first-order valence-electron chi connectivity index (χ1n) is 5.87. The molecule has 0 radical (unpaired) electrons. The number of amides is 1. The average molecular weight is 194 g/mol. The summed E-state index contributed by atoms with van der Waals surface area (Å²) in [6, 6.07) is 0.570. The van der Waals surface area contributed by atoms with E-state index in [0.29, 0.717) is 17.9 Å². The Morgan fingerprint density at radius 2 is 2.21 bits per heavy atom. The second-order valence-corrected chi connectivity index (χ2v) is 4.95. The Labute approximate surface area is 84.8 Å². The highest BCUT2D eigenvalue weighted by atomic mass is 16.2. The lowest BCUT2D eigenvalue weighted by atomic mass is 9.76. The fraction of sp³-hybridized carbons (Fsp3) is 0.909. The van der Waals surface area contributed by atoms with Gasteiger partial charge in [0.2, 0.25) is 5.91 Å². The van der Waals surface area contributed by atoms with Crippen LogP contribution in [0.3, 0.4) is 0 Å². The summed E-state index contributed by atoms with van der Waals surface area (Å²) in [6.45, 7) is 3.07. The molecule has 3 atom stereocenters. The molecule has 0 aliphatic carbocycles. The molecule has 0 saturated carbocycles. The third kappa shape index (κ3) is 1.18. The summed E-state index contributed by atoms with van der Waals surface area (Å²) in [7, 11) is 0. The number of hydrogen-bond donors (Lipinski definition) is 1. The lowest BCUT2D eigenvalue weighted by Crippen LogP contribution is -2.60. The van der Waals surface area contributed by atoms with Gasteiger partial charge in [0.1, 0.15) is 0 Å². The molecule has 1 amide bonds. The summed E-state index contributed by atoms with van der Waals surface area (Å²) in [4.78, 5) is 14.2. The van der Waals surface area contributed by atoms with Crippen LogP contribution in [-0.4, -0.2) is 36.5 Å². The van der Waals surface area contributed by atoms with Crippen molar-refractivity contribution in [2.24, 2.45) is 11.8 Å². The molecule has 78 valence electrons. The van der Waals surface area contributed by atoms with Crippen molar-refractivity contribution in [2.45, 2.75) is 31.7 Å². The van der Waals surface area contributed by atoms with Gasteiger partial charge in [-0.2, -0.15) is 0 Å². The largest absolute Gasteiger partial charge is 0.339 e. The van der Waals surface area contributed by atoms with Crippen LogP contribution in [0.15, 0.2) is 0 Å². The van der Waals surface area contributed by atoms with Crippen LogP contribution in [0.2, 0.25) is 0 Å². The number of carbonyl (C=O) groups excluding carboxylic acids is 1. The summed E-state index contributed by atoms with van der Waals surface area (Å²) in [5, 5.41) is 3.40. The Kier molecular flexibility index (Phi) is 2.01. The minimum Gasteiger partial charge on any atom is -0.339 e. The average Bonchev–Trinajstić information content (AvgIpc) is 2.27. The first kappa shape index (κ1) is 8.72. The van der Waals surface area contributed by atoms with Gasteiger partial charge in [0.05, 0.1) is 5.92 Å². The smallest absolute Gasteiger partial charge is 0.227 e. The maximum Gasteiger partial charge on any atom is 0.227 e. The molecule has 0 spiro atoms. The summed E-state index contributed by atoms with van der Waals surface area (Å²) < 4.78 is 0. The highest BCUT2D eigenvalue weighted by molar-refractivity contribution is 5.80. The van der Waals surface area contributed by atoms with E-state index in [2.05, 4.69) is 10.2 Å². The Morgan fingerprint density at radius 1 is 1.29 bits per heavy atom. The van der Waals surface area contributed by atoms with E-state index in [9.17, 15) is 4.79 Å². The van der Waals surface area contributed by atoms with Crippen LogP contribution in [0.5, 0.6) is 0 Å². The van der Waals surface area contributed by atoms with Crippen molar-refractivity contribution in [3.63, 3.8) is 0 Å². The van der Waals surface area contributed by atoms with Crippen LogP contribution in [0, 0.1) is 11.8 Å². The topological polar surface area (TPSA) is 32.3 Å². The number of rotatable bonds is 0. The van der Waals surface area contributed by atoms with Gasteiger partial charge in [0.25, 0.3) is 0 Å². The van der Waals surface area contributed by atoms with Crippen molar-refractivity contribution >= 4 is 5.91 Å². The number of fused-ring (bicyclic) bond motifs is 4. The second kappa shape index (κ2) is 3.23. The van der Waals surface area contributed by atoms with Gasteiger partial charge in [-0.25, -0.2) is 0 Å². The Hall–Kier alpha value is -0.570. The van der Waals surface area contributed by atoms with Gasteiger partial charge in [0.15, 0.2) is 0 Å². The van der Waals surface area contributed by atoms with E-state index >= 15 is 0 Å². The van der Waals surface area contributed by atoms with E-state index in [1.54, 1.807) is 0 Å². The number of hydrogen-bond acceptors (Lipinski definition) is 2. The van der Waals surface area contributed by atoms with E-state index in [0.717, 1.165) is 32.0 Å². The highest BCUT2D eigenvalue weighted by Crippen LogP contribution is 2.35. The fourth-order valence-corrected chi connectivity index (χ4v) is 3.41. The molecular weight excluding hydrogens is 176 g/mol. The van der Waals surface area contributed by atoms with Crippen molar-refractivity contribution in [1.82, 2.24) is 10.2 Å². The van der Waals surface area contributed by atoms with Crippen LogP contribution in [0.4, 0.5) is 0 Å². The van der Waals surface area contributed by atoms with E-state index in [1.807, 2.05) is 0 Å². The fourth-order valence-electron chi connectivity index (χ4n) is 3.41. The summed E-state index contributed by atoms with van der Waals surface area (Å²) >= 11 is 0. The highest BCUT2D eigenvalue weighted by Gasteiger charge is 2.43. The van der Waals surface area contributed by atoms with Crippen molar-refractivity contribution in [2.75, 3.05) is 19.6 Å². The number of piperidine rings is 3. The first-order valence-corrected chi connectivity index (χ1v) is 5.87. The molecule has 3 rings (SSSR count). The maximum absolute atomic E-state index is 12.1. The lowest BCUT2D eigenvalue weighted by molar-refractivity contribution is -0.148. The first-order chi connectivity index (χ1) is 6.86. The molecule has 3 nitrogen and oxygen atoms in total. The zero-order valence-electron chi connectivity index (χ0n) is 8.54. The second-order valence-electron chi connectivity index (χ2n) is 4.95. The molecule has 3 heteroatoms. The zero-order chi connectivity index (χ0) is 9.54. The molecule has 0 aromatic carbocycles. The summed E-state index contributed by atoms with van der Waals surface area (Å²) in [5.41, 5.74) is 0. The Balaban J connectivity index is 1.86. The Bertz CT molecular complexity index is 254. The van der Waals surface area contributed by atoms with Crippen molar-refractivity contribution in [1.29, 1.82) is 0 Å². The van der Waals surface area contributed by atoms with Crippen LogP contribution >= 0.6 is 0 Å². The molecular formula is C11H18N2O. The molecule has 3 fully saturated rings. The summed E-state index contributed by atoms with van der Waals surface area (Å²) in [6.07, 6.45) is 4.92.